The van der Waals surface area contributed by atoms with E-state index in [1.165, 1.54) is 0 Å². The van der Waals surface area contributed by atoms with Gasteiger partial charge in [-0.25, -0.2) is 4.98 Å². The molecule has 1 amide bonds. The Hall–Kier alpha value is -2.01. The lowest BCUT2D eigenvalue weighted by Crippen LogP contribution is -2.47. The van der Waals surface area contributed by atoms with E-state index in [2.05, 4.69) is 21.9 Å². The first-order chi connectivity index (χ1) is 9.24. The molecule has 0 unspecified atom stereocenters. The van der Waals surface area contributed by atoms with Crippen molar-refractivity contribution >= 4 is 16.9 Å². The van der Waals surface area contributed by atoms with Crippen molar-refractivity contribution in [3.05, 3.63) is 36.2 Å². The van der Waals surface area contributed by atoms with E-state index in [0.29, 0.717) is 5.69 Å². The Bertz CT molecular complexity index is 605. The van der Waals surface area contributed by atoms with Crippen LogP contribution in [0.1, 0.15) is 10.5 Å². The van der Waals surface area contributed by atoms with Gasteiger partial charge in [0.1, 0.15) is 5.69 Å². The molecule has 2 aromatic rings. The molecule has 98 valence electrons. The minimum absolute atomic E-state index is 0.0219. The van der Waals surface area contributed by atoms with Gasteiger partial charge in [0.05, 0.1) is 17.2 Å². The quantitative estimate of drug-likeness (QED) is 0.764. The van der Waals surface area contributed by atoms with Crippen molar-refractivity contribution in [3.8, 4) is 0 Å². The van der Waals surface area contributed by atoms with E-state index >= 15 is 0 Å². The predicted octanol–water partition coefficient (Wildman–Crippen LogP) is 1.02. The maximum absolute atomic E-state index is 12.4. The van der Waals surface area contributed by atoms with Crippen LogP contribution in [0.25, 0.3) is 11.0 Å². The van der Waals surface area contributed by atoms with Crippen molar-refractivity contribution < 1.29 is 4.79 Å². The number of rotatable bonds is 1. The normalized spacial score (nSPS) is 16.8. The Morgan fingerprint density at radius 1 is 1.11 bits per heavy atom. The van der Waals surface area contributed by atoms with E-state index in [-0.39, 0.29) is 5.91 Å². The average molecular weight is 256 g/mol. The second-order valence-electron chi connectivity index (χ2n) is 4.84. The maximum Gasteiger partial charge on any atom is 0.274 e. The molecule has 1 saturated heterocycles. The summed E-state index contributed by atoms with van der Waals surface area (Å²) in [4.78, 5) is 25.1. The number of nitrogens with zero attached hydrogens (tertiary/aromatic N) is 4. The van der Waals surface area contributed by atoms with Crippen LogP contribution in [0, 0.1) is 0 Å². The van der Waals surface area contributed by atoms with Crippen molar-refractivity contribution in [3.63, 3.8) is 0 Å². The summed E-state index contributed by atoms with van der Waals surface area (Å²) in [6.07, 6.45) is 1.57. The van der Waals surface area contributed by atoms with Crippen molar-refractivity contribution in [2.45, 2.75) is 0 Å². The fourth-order valence-electron chi connectivity index (χ4n) is 2.23. The van der Waals surface area contributed by atoms with Gasteiger partial charge in [0.2, 0.25) is 0 Å². The Labute approximate surface area is 111 Å². The number of hydrogen-bond acceptors (Lipinski definition) is 4. The first-order valence-corrected chi connectivity index (χ1v) is 6.43. The van der Waals surface area contributed by atoms with Crippen LogP contribution in [-0.4, -0.2) is 58.9 Å². The van der Waals surface area contributed by atoms with Crippen LogP contribution >= 0.6 is 0 Å². The highest BCUT2D eigenvalue weighted by Gasteiger charge is 2.21. The molecule has 3 rings (SSSR count). The maximum atomic E-state index is 12.4. The SMILES string of the molecule is CN1CCN(C(=O)c2cnc3ccccc3n2)CC1. The van der Waals surface area contributed by atoms with E-state index in [9.17, 15) is 4.79 Å². The van der Waals surface area contributed by atoms with Crippen LogP contribution < -0.4 is 0 Å². The molecule has 2 heterocycles. The summed E-state index contributed by atoms with van der Waals surface area (Å²) in [5.74, 6) is -0.0219. The Balaban J connectivity index is 1.85. The summed E-state index contributed by atoms with van der Waals surface area (Å²) in [5.41, 5.74) is 2.02. The molecule has 5 nitrogen and oxygen atoms in total. The van der Waals surface area contributed by atoms with Crippen LogP contribution in [0.5, 0.6) is 0 Å². The third-order valence-corrected chi connectivity index (χ3v) is 3.46. The fraction of sp³-hybridized carbons (Fsp3) is 0.357. The lowest BCUT2D eigenvalue weighted by Gasteiger charge is -2.32. The zero-order valence-electron chi connectivity index (χ0n) is 10.9. The smallest absolute Gasteiger partial charge is 0.274 e. The largest absolute Gasteiger partial charge is 0.335 e. The van der Waals surface area contributed by atoms with Gasteiger partial charge in [-0.2, -0.15) is 0 Å². The molecule has 0 atom stereocenters. The van der Waals surface area contributed by atoms with E-state index in [4.69, 9.17) is 0 Å². The van der Waals surface area contributed by atoms with E-state index in [1.807, 2.05) is 29.2 Å². The highest BCUT2D eigenvalue weighted by atomic mass is 16.2. The van der Waals surface area contributed by atoms with Crippen LogP contribution in [0.4, 0.5) is 0 Å². The number of likely N-dealkylation sites (N-methyl/N-ethyl adjacent to an activating group) is 1. The highest BCUT2D eigenvalue weighted by Crippen LogP contribution is 2.11. The number of para-hydroxylation sites is 2. The van der Waals surface area contributed by atoms with Crippen LogP contribution in [0.3, 0.4) is 0 Å². The fourth-order valence-corrected chi connectivity index (χ4v) is 2.23. The van der Waals surface area contributed by atoms with Gasteiger partial charge in [-0.1, -0.05) is 12.1 Å². The zero-order valence-corrected chi connectivity index (χ0v) is 10.9. The number of piperazine rings is 1. The topological polar surface area (TPSA) is 49.3 Å². The monoisotopic (exact) mass is 256 g/mol. The second-order valence-corrected chi connectivity index (χ2v) is 4.84. The van der Waals surface area contributed by atoms with Crippen molar-refractivity contribution in [2.75, 3.05) is 33.2 Å². The van der Waals surface area contributed by atoms with Gasteiger partial charge < -0.3 is 9.80 Å². The van der Waals surface area contributed by atoms with Crippen LogP contribution in [-0.2, 0) is 0 Å². The second kappa shape index (κ2) is 4.93. The third kappa shape index (κ3) is 2.42. The molecule has 1 aliphatic heterocycles. The average Bonchev–Trinajstić information content (AvgIpc) is 2.47. The molecule has 1 aromatic heterocycles. The van der Waals surface area contributed by atoms with E-state index < -0.39 is 0 Å². The summed E-state index contributed by atoms with van der Waals surface area (Å²) in [6.45, 7) is 3.33. The number of hydrogen-bond donors (Lipinski definition) is 0. The molecular weight excluding hydrogens is 240 g/mol. The van der Waals surface area contributed by atoms with Gasteiger partial charge in [0.25, 0.3) is 5.91 Å². The number of aromatic nitrogens is 2. The van der Waals surface area contributed by atoms with E-state index in [1.54, 1.807) is 6.20 Å². The molecule has 0 radical (unpaired) electrons. The summed E-state index contributed by atoms with van der Waals surface area (Å²) < 4.78 is 0. The molecule has 1 aromatic carbocycles. The number of carbonyl (C=O) groups excluding carboxylic acids is 1. The lowest BCUT2D eigenvalue weighted by atomic mass is 10.2. The minimum Gasteiger partial charge on any atom is -0.335 e. The molecule has 19 heavy (non-hydrogen) atoms. The summed E-state index contributed by atoms with van der Waals surface area (Å²) in [6, 6.07) is 7.59. The molecule has 1 fully saturated rings. The molecule has 0 bridgehead atoms. The van der Waals surface area contributed by atoms with Crippen LogP contribution in [0.15, 0.2) is 30.5 Å². The van der Waals surface area contributed by atoms with Crippen molar-refractivity contribution in [2.24, 2.45) is 0 Å². The van der Waals surface area contributed by atoms with Gasteiger partial charge in [-0.05, 0) is 19.2 Å². The molecule has 1 aliphatic rings. The molecule has 0 N–H and O–H groups in total. The number of amides is 1. The number of fused-ring (bicyclic) bond motifs is 1. The van der Waals surface area contributed by atoms with Gasteiger partial charge in [0, 0.05) is 26.2 Å². The van der Waals surface area contributed by atoms with Gasteiger partial charge in [-0.3, -0.25) is 9.78 Å². The van der Waals surface area contributed by atoms with E-state index in [0.717, 1.165) is 37.2 Å². The third-order valence-electron chi connectivity index (χ3n) is 3.46. The van der Waals surface area contributed by atoms with Gasteiger partial charge >= 0.3 is 0 Å². The predicted molar refractivity (Wildman–Crippen MR) is 72.9 cm³/mol. The molecular formula is C14H16N4O. The van der Waals surface area contributed by atoms with Crippen LogP contribution in [0.2, 0.25) is 0 Å². The van der Waals surface area contributed by atoms with Gasteiger partial charge in [-0.15, -0.1) is 0 Å². The standard InChI is InChI=1S/C14H16N4O/c1-17-6-8-18(9-7-17)14(19)13-10-15-11-4-2-3-5-12(11)16-13/h2-5,10H,6-9H2,1H3. The Kier molecular flexibility index (Phi) is 3.13. The molecule has 0 spiro atoms. The Morgan fingerprint density at radius 3 is 2.53 bits per heavy atom. The summed E-state index contributed by atoms with van der Waals surface area (Å²) in [5, 5.41) is 0. The minimum atomic E-state index is -0.0219. The van der Waals surface area contributed by atoms with Gasteiger partial charge in [0.15, 0.2) is 0 Å². The molecule has 0 aliphatic carbocycles. The summed E-state index contributed by atoms with van der Waals surface area (Å²) >= 11 is 0. The summed E-state index contributed by atoms with van der Waals surface area (Å²) in [7, 11) is 2.07. The first-order valence-electron chi connectivity index (χ1n) is 6.43. The van der Waals surface area contributed by atoms with Crippen molar-refractivity contribution in [1.82, 2.24) is 19.8 Å². The molecule has 0 saturated carbocycles. The zero-order chi connectivity index (χ0) is 13.2. The van der Waals surface area contributed by atoms with Crippen molar-refractivity contribution in [1.29, 1.82) is 0 Å². The first kappa shape index (κ1) is 12.0. The Morgan fingerprint density at radius 2 is 1.79 bits per heavy atom. The highest BCUT2D eigenvalue weighted by molar-refractivity contribution is 5.93. The molecule has 5 heteroatoms. The number of benzene rings is 1. The number of carbonyl (C=O) groups is 1. The lowest BCUT2D eigenvalue weighted by molar-refractivity contribution is 0.0658.